The molecule has 31 heavy (non-hydrogen) atoms. The maximum Gasteiger partial charge on any atom is 0.191 e. The zero-order valence-corrected chi connectivity index (χ0v) is 19.0. The number of nitrogens with one attached hydrogen (secondary N) is 2. The number of benzene rings is 1. The first-order valence-corrected chi connectivity index (χ1v) is 10.7. The van der Waals surface area contributed by atoms with E-state index in [0.29, 0.717) is 13.1 Å². The van der Waals surface area contributed by atoms with Crippen molar-refractivity contribution in [2.24, 2.45) is 4.99 Å². The summed E-state index contributed by atoms with van der Waals surface area (Å²) in [6.07, 6.45) is 1.90. The Kier molecular flexibility index (Phi) is 8.35. The van der Waals surface area contributed by atoms with E-state index in [2.05, 4.69) is 49.6 Å². The first-order valence-electron chi connectivity index (χ1n) is 10.7. The summed E-state index contributed by atoms with van der Waals surface area (Å²) in [5, 5.41) is 6.64. The molecule has 0 amide bonds. The third-order valence-corrected chi connectivity index (χ3v) is 5.26. The molecule has 2 heterocycles. The van der Waals surface area contributed by atoms with Gasteiger partial charge in [-0.25, -0.2) is 4.98 Å². The minimum Gasteiger partial charge on any atom is -0.497 e. The summed E-state index contributed by atoms with van der Waals surface area (Å²) in [5.74, 6) is 3.33. The van der Waals surface area contributed by atoms with Crippen LogP contribution in [0.5, 0.6) is 11.5 Å². The number of hydrogen-bond donors (Lipinski definition) is 2. The third-order valence-electron chi connectivity index (χ3n) is 5.26. The van der Waals surface area contributed by atoms with Gasteiger partial charge < -0.3 is 29.9 Å². The predicted molar refractivity (Wildman–Crippen MR) is 125 cm³/mol. The second-order valence-corrected chi connectivity index (χ2v) is 7.73. The molecule has 0 radical (unpaired) electrons. The van der Waals surface area contributed by atoms with Crippen LogP contribution in [0.25, 0.3) is 0 Å². The van der Waals surface area contributed by atoms with Crippen molar-refractivity contribution in [3.05, 3.63) is 48.2 Å². The highest BCUT2D eigenvalue weighted by atomic mass is 16.5. The number of nitrogens with zero attached hydrogens (tertiary/aromatic N) is 4. The van der Waals surface area contributed by atoms with Gasteiger partial charge in [0, 0.05) is 52.0 Å². The van der Waals surface area contributed by atoms with Gasteiger partial charge in [0.1, 0.15) is 23.4 Å². The van der Waals surface area contributed by atoms with Crippen molar-refractivity contribution in [2.45, 2.75) is 19.6 Å². The normalized spacial score (nSPS) is 16.0. The smallest absolute Gasteiger partial charge is 0.191 e. The van der Waals surface area contributed by atoms with Crippen LogP contribution in [-0.4, -0.2) is 75.9 Å². The fraction of sp³-hybridized carbons (Fsp3) is 0.478. The standard InChI is InChI=1S/C23H34N6O2/c1-18(31-21-7-5-6-20(14-21)30-4)15-26-23(24-2)27-17-19-8-9-22(25-16-19)29-12-10-28(3)11-13-29/h5-9,14,16,18H,10-13,15,17H2,1-4H3,(H2,24,26,27). The Balaban J connectivity index is 1.42. The van der Waals surface area contributed by atoms with E-state index in [0.717, 1.165) is 55.0 Å². The van der Waals surface area contributed by atoms with E-state index in [1.54, 1.807) is 14.2 Å². The van der Waals surface area contributed by atoms with Gasteiger partial charge in [-0.1, -0.05) is 12.1 Å². The van der Waals surface area contributed by atoms with Gasteiger partial charge in [0.05, 0.1) is 13.7 Å². The molecule has 1 fully saturated rings. The van der Waals surface area contributed by atoms with Gasteiger partial charge in [0.2, 0.25) is 0 Å². The lowest BCUT2D eigenvalue weighted by molar-refractivity contribution is 0.223. The number of aromatic nitrogens is 1. The third kappa shape index (κ3) is 7.03. The van der Waals surface area contributed by atoms with Crippen molar-refractivity contribution in [3.8, 4) is 11.5 Å². The molecule has 0 spiro atoms. The number of likely N-dealkylation sites (N-methyl/N-ethyl adjacent to an activating group) is 1. The number of hydrogen-bond acceptors (Lipinski definition) is 6. The average molecular weight is 427 g/mol. The highest BCUT2D eigenvalue weighted by molar-refractivity contribution is 5.79. The van der Waals surface area contributed by atoms with Crippen LogP contribution in [0.3, 0.4) is 0 Å². The number of guanidine groups is 1. The van der Waals surface area contributed by atoms with Crippen molar-refractivity contribution in [1.29, 1.82) is 0 Å². The molecule has 0 aliphatic carbocycles. The minimum atomic E-state index is -0.0322. The summed E-state index contributed by atoms with van der Waals surface area (Å²) in [6.45, 7) is 7.49. The van der Waals surface area contributed by atoms with Crippen LogP contribution in [0.2, 0.25) is 0 Å². The van der Waals surface area contributed by atoms with Crippen molar-refractivity contribution in [1.82, 2.24) is 20.5 Å². The summed E-state index contributed by atoms with van der Waals surface area (Å²) in [7, 11) is 5.57. The van der Waals surface area contributed by atoms with Crippen molar-refractivity contribution >= 4 is 11.8 Å². The first-order chi connectivity index (χ1) is 15.1. The Hall–Kier alpha value is -3.00. The Morgan fingerprint density at radius 1 is 1.13 bits per heavy atom. The molecule has 2 N–H and O–H groups in total. The van der Waals surface area contributed by atoms with E-state index in [4.69, 9.17) is 9.47 Å². The van der Waals surface area contributed by atoms with E-state index < -0.39 is 0 Å². The Labute approximate surface area is 185 Å². The number of pyridine rings is 1. The molecule has 1 aromatic carbocycles. The second kappa shape index (κ2) is 11.4. The largest absolute Gasteiger partial charge is 0.497 e. The highest BCUT2D eigenvalue weighted by Gasteiger charge is 2.15. The molecule has 8 nitrogen and oxygen atoms in total. The summed E-state index contributed by atoms with van der Waals surface area (Å²) in [6, 6.07) is 11.8. The van der Waals surface area contributed by atoms with Crippen molar-refractivity contribution in [3.63, 3.8) is 0 Å². The molecule has 1 aliphatic heterocycles. The zero-order chi connectivity index (χ0) is 22.1. The lowest BCUT2D eigenvalue weighted by atomic mass is 10.2. The topological polar surface area (TPSA) is 74.3 Å². The molecular weight excluding hydrogens is 392 g/mol. The van der Waals surface area contributed by atoms with Crippen LogP contribution < -0.4 is 25.0 Å². The van der Waals surface area contributed by atoms with E-state index in [1.807, 2.05) is 37.4 Å². The molecule has 0 saturated carbocycles. The lowest BCUT2D eigenvalue weighted by Gasteiger charge is -2.33. The van der Waals surface area contributed by atoms with Gasteiger partial charge in [-0.15, -0.1) is 0 Å². The lowest BCUT2D eigenvalue weighted by Crippen LogP contribution is -2.44. The molecule has 1 aromatic heterocycles. The van der Waals surface area contributed by atoms with Crippen molar-refractivity contribution in [2.75, 3.05) is 58.8 Å². The zero-order valence-electron chi connectivity index (χ0n) is 19.0. The van der Waals surface area contributed by atoms with E-state index in [-0.39, 0.29) is 6.10 Å². The molecule has 2 aromatic rings. The molecule has 8 heteroatoms. The van der Waals surface area contributed by atoms with Gasteiger partial charge >= 0.3 is 0 Å². The molecular formula is C23H34N6O2. The first kappa shape index (κ1) is 22.7. The molecule has 168 valence electrons. The Morgan fingerprint density at radius 2 is 1.90 bits per heavy atom. The summed E-state index contributed by atoms with van der Waals surface area (Å²) < 4.78 is 11.2. The van der Waals surface area contributed by atoms with Crippen LogP contribution in [-0.2, 0) is 6.54 Å². The average Bonchev–Trinajstić information content (AvgIpc) is 2.80. The van der Waals surface area contributed by atoms with Gasteiger partial charge in [-0.2, -0.15) is 0 Å². The molecule has 1 saturated heterocycles. The fourth-order valence-electron chi connectivity index (χ4n) is 3.34. The Bertz CT molecular complexity index is 834. The van der Waals surface area contributed by atoms with Crippen LogP contribution in [0, 0.1) is 0 Å². The van der Waals surface area contributed by atoms with Crippen LogP contribution in [0.4, 0.5) is 5.82 Å². The van der Waals surface area contributed by atoms with Gasteiger partial charge in [-0.3, -0.25) is 4.99 Å². The molecule has 1 atom stereocenters. The number of piperazine rings is 1. The molecule has 3 rings (SSSR count). The number of anilines is 1. The monoisotopic (exact) mass is 426 g/mol. The Morgan fingerprint density at radius 3 is 2.58 bits per heavy atom. The summed E-state index contributed by atoms with van der Waals surface area (Å²) in [5.41, 5.74) is 1.11. The minimum absolute atomic E-state index is 0.0322. The molecule has 0 bridgehead atoms. The van der Waals surface area contributed by atoms with Crippen LogP contribution in [0.15, 0.2) is 47.6 Å². The summed E-state index contributed by atoms with van der Waals surface area (Å²) >= 11 is 0. The summed E-state index contributed by atoms with van der Waals surface area (Å²) in [4.78, 5) is 13.6. The highest BCUT2D eigenvalue weighted by Crippen LogP contribution is 2.19. The molecule has 1 aliphatic rings. The maximum atomic E-state index is 5.95. The van der Waals surface area contributed by atoms with Crippen LogP contribution >= 0.6 is 0 Å². The maximum absolute atomic E-state index is 5.95. The number of ether oxygens (including phenoxy) is 2. The SMILES string of the molecule is CN=C(NCc1ccc(N2CCN(C)CC2)nc1)NCC(C)Oc1cccc(OC)c1. The van der Waals surface area contributed by atoms with E-state index in [1.165, 1.54) is 0 Å². The van der Waals surface area contributed by atoms with Crippen molar-refractivity contribution < 1.29 is 9.47 Å². The number of methoxy groups -OCH3 is 1. The fourth-order valence-corrected chi connectivity index (χ4v) is 3.34. The quantitative estimate of drug-likeness (QED) is 0.494. The van der Waals surface area contributed by atoms with E-state index >= 15 is 0 Å². The van der Waals surface area contributed by atoms with Gasteiger partial charge in [0.25, 0.3) is 0 Å². The van der Waals surface area contributed by atoms with Gasteiger partial charge in [-0.05, 0) is 37.7 Å². The van der Waals surface area contributed by atoms with Gasteiger partial charge in [0.15, 0.2) is 5.96 Å². The molecule has 1 unspecified atom stereocenters. The number of rotatable bonds is 8. The predicted octanol–water partition coefficient (Wildman–Crippen LogP) is 1.97. The van der Waals surface area contributed by atoms with E-state index in [9.17, 15) is 0 Å². The number of aliphatic imine (C=N–C) groups is 1. The van der Waals surface area contributed by atoms with Crippen LogP contribution in [0.1, 0.15) is 12.5 Å². The second-order valence-electron chi connectivity index (χ2n) is 7.73.